The lowest BCUT2D eigenvalue weighted by Gasteiger charge is -2.24. The summed E-state index contributed by atoms with van der Waals surface area (Å²) in [6.45, 7) is 1.46. The van der Waals surface area contributed by atoms with E-state index in [1.807, 2.05) is 11.4 Å². The highest BCUT2D eigenvalue weighted by atomic mass is 32.1. The minimum atomic E-state index is -0.258. The van der Waals surface area contributed by atoms with Crippen LogP contribution in [0.5, 0.6) is 0 Å². The minimum absolute atomic E-state index is 0.258. The second-order valence-corrected chi connectivity index (χ2v) is 7.89. The van der Waals surface area contributed by atoms with Crippen LogP contribution in [0.25, 0.3) is 21.2 Å². The van der Waals surface area contributed by atoms with Crippen LogP contribution in [-0.2, 0) is 13.0 Å². The smallest absolute Gasteiger partial charge is 0.208 e. The van der Waals surface area contributed by atoms with Crippen LogP contribution in [0.3, 0.4) is 0 Å². The van der Waals surface area contributed by atoms with Crippen LogP contribution >= 0.6 is 22.7 Å². The van der Waals surface area contributed by atoms with Gasteiger partial charge in [0.15, 0.2) is 10.8 Å². The fourth-order valence-corrected chi connectivity index (χ4v) is 4.73. The normalized spacial score (nSPS) is 13.8. The van der Waals surface area contributed by atoms with Crippen LogP contribution in [0.2, 0.25) is 0 Å². The van der Waals surface area contributed by atoms with Gasteiger partial charge < -0.3 is 9.42 Å². The van der Waals surface area contributed by atoms with Gasteiger partial charge in [-0.1, -0.05) is 22.6 Å². The average Bonchev–Trinajstić information content (AvgIpc) is 3.41. The summed E-state index contributed by atoms with van der Waals surface area (Å²) in [7, 11) is 0. The molecule has 0 atom stereocenters. The standard InChI is InChI=1S/C18H13FN4OS2/c19-12-5-3-11(4-6-12)16-13-7-8-23(10-14(13)22-24-16)18-21-20-17(26-18)15-2-1-9-25-15/h1-6,9H,7-8,10H2. The number of halogens is 1. The first-order valence-electron chi connectivity index (χ1n) is 8.13. The second kappa shape index (κ2) is 6.30. The molecule has 0 radical (unpaired) electrons. The van der Waals surface area contributed by atoms with Crippen molar-refractivity contribution < 1.29 is 8.91 Å². The van der Waals surface area contributed by atoms with Crippen LogP contribution in [-0.4, -0.2) is 21.9 Å². The van der Waals surface area contributed by atoms with Gasteiger partial charge in [-0.3, -0.25) is 0 Å². The molecule has 1 aliphatic heterocycles. The molecular weight excluding hydrogens is 371 g/mol. The lowest BCUT2D eigenvalue weighted by atomic mass is 10.0. The van der Waals surface area contributed by atoms with E-state index in [0.717, 1.165) is 50.6 Å². The first-order valence-corrected chi connectivity index (χ1v) is 9.83. The molecule has 4 aromatic rings. The molecule has 0 unspecified atom stereocenters. The zero-order valence-corrected chi connectivity index (χ0v) is 15.2. The molecule has 3 aromatic heterocycles. The molecule has 1 aliphatic rings. The lowest BCUT2D eigenvalue weighted by Crippen LogP contribution is -2.30. The van der Waals surface area contributed by atoms with Gasteiger partial charge in [-0.05, 0) is 42.1 Å². The predicted molar refractivity (Wildman–Crippen MR) is 99.9 cm³/mol. The number of nitrogens with zero attached hydrogens (tertiary/aromatic N) is 4. The number of aromatic nitrogens is 3. The number of thiophene rings is 1. The third-order valence-electron chi connectivity index (χ3n) is 4.37. The van der Waals surface area contributed by atoms with E-state index in [1.54, 1.807) is 34.8 Å². The molecule has 8 heteroatoms. The van der Waals surface area contributed by atoms with E-state index in [0.29, 0.717) is 6.54 Å². The van der Waals surface area contributed by atoms with Gasteiger partial charge in [-0.15, -0.1) is 21.5 Å². The zero-order valence-electron chi connectivity index (χ0n) is 13.6. The first kappa shape index (κ1) is 15.7. The third-order valence-corrected chi connectivity index (χ3v) is 6.39. The molecule has 0 aliphatic carbocycles. The maximum Gasteiger partial charge on any atom is 0.208 e. The van der Waals surface area contributed by atoms with E-state index in [4.69, 9.17) is 4.52 Å². The van der Waals surface area contributed by atoms with Gasteiger partial charge in [0.05, 0.1) is 11.4 Å². The number of fused-ring (bicyclic) bond motifs is 1. The van der Waals surface area contributed by atoms with Crippen molar-refractivity contribution in [2.45, 2.75) is 13.0 Å². The Morgan fingerprint density at radius 2 is 2.00 bits per heavy atom. The highest BCUT2D eigenvalue weighted by molar-refractivity contribution is 7.22. The van der Waals surface area contributed by atoms with Crippen LogP contribution in [0.1, 0.15) is 11.3 Å². The lowest BCUT2D eigenvalue weighted by molar-refractivity contribution is 0.423. The molecule has 0 spiro atoms. The molecule has 1 aromatic carbocycles. The maximum atomic E-state index is 13.1. The van der Waals surface area contributed by atoms with E-state index >= 15 is 0 Å². The quantitative estimate of drug-likeness (QED) is 0.516. The Morgan fingerprint density at radius 3 is 2.81 bits per heavy atom. The van der Waals surface area contributed by atoms with Crippen molar-refractivity contribution in [2.24, 2.45) is 0 Å². The molecule has 0 N–H and O–H groups in total. The summed E-state index contributed by atoms with van der Waals surface area (Å²) in [5.41, 5.74) is 2.85. The Bertz CT molecular complexity index is 1040. The maximum absolute atomic E-state index is 13.1. The van der Waals surface area contributed by atoms with Crippen molar-refractivity contribution in [3.63, 3.8) is 0 Å². The van der Waals surface area contributed by atoms with Crippen LogP contribution in [0, 0.1) is 5.82 Å². The Hall–Kier alpha value is -2.58. The number of rotatable bonds is 3. The van der Waals surface area contributed by atoms with Gasteiger partial charge in [0.2, 0.25) is 5.13 Å². The van der Waals surface area contributed by atoms with E-state index in [1.165, 1.54) is 12.1 Å². The second-order valence-electron chi connectivity index (χ2n) is 5.98. The molecular formula is C18H13FN4OS2. The van der Waals surface area contributed by atoms with Gasteiger partial charge in [0.25, 0.3) is 0 Å². The van der Waals surface area contributed by atoms with Crippen molar-refractivity contribution in [2.75, 3.05) is 11.4 Å². The summed E-state index contributed by atoms with van der Waals surface area (Å²) in [4.78, 5) is 3.31. The highest BCUT2D eigenvalue weighted by Crippen LogP contribution is 2.35. The number of anilines is 1. The van der Waals surface area contributed by atoms with Crippen molar-refractivity contribution in [1.82, 2.24) is 15.4 Å². The minimum Gasteiger partial charge on any atom is -0.356 e. The van der Waals surface area contributed by atoms with E-state index in [9.17, 15) is 4.39 Å². The molecule has 5 nitrogen and oxygen atoms in total. The van der Waals surface area contributed by atoms with Crippen LogP contribution in [0.15, 0.2) is 46.3 Å². The van der Waals surface area contributed by atoms with Crippen LogP contribution < -0.4 is 4.90 Å². The van der Waals surface area contributed by atoms with Crippen molar-refractivity contribution in [1.29, 1.82) is 0 Å². The Kier molecular flexibility index (Phi) is 3.79. The summed E-state index contributed by atoms with van der Waals surface area (Å²) in [5, 5.41) is 16.8. The van der Waals surface area contributed by atoms with Gasteiger partial charge in [0, 0.05) is 17.7 Å². The Balaban J connectivity index is 1.40. The Labute approximate surface area is 156 Å². The summed E-state index contributed by atoms with van der Waals surface area (Å²) in [6.07, 6.45) is 0.805. The average molecular weight is 384 g/mol. The number of benzene rings is 1. The largest absolute Gasteiger partial charge is 0.356 e. The fourth-order valence-electron chi connectivity index (χ4n) is 3.07. The number of hydrogen-bond donors (Lipinski definition) is 0. The summed E-state index contributed by atoms with van der Waals surface area (Å²) >= 11 is 3.25. The molecule has 26 heavy (non-hydrogen) atoms. The molecule has 130 valence electrons. The van der Waals surface area contributed by atoms with Gasteiger partial charge >= 0.3 is 0 Å². The van der Waals surface area contributed by atoms with E-state index < -0.39 is 0 Å². The molecule has 0 saturated heterocycles. The van der Waals surface area contributed by atoms with Crippen molar-refractivity contribution in [3.8, 4) is 21.2 Å². The summed E-state index contributed by atoms with van der Waals surface area (Å²) in [6, 6.07) is 10.4. The Morgan fingerprint density at radius 1 is 1.12 bits per heavy atom. The molecule has 5 rings (SSSR count). The fraction of sp³-hybridized carbons (Fsp3) is 0.167. The van der Waals surface area contributed by atoms with Gasteiger partial charge in [-0.2, -0.15) is 0 Å². The van der Waals surface area contributed by atoms with E-state index in [2.05, 4.69) is 26.3 Å². The third kappa shape index (κ3) is 2.71. The molecule has 4 heterocycles. The van der Waals surface area contributed by atoms with Crippen molar-refractivity contribution >= 4 is 27.8 Å². The highest BCUT2D eigenvalue weighted by Gasteiger charge is 2.26. The summed E-state index contributed by atoms with van der Waals surface area (Å²) < 4.78 is 18.7. The molecule has 0 amide bonds. The SMILES string of the molecule is Fc1ccc(-c2onc3c2CCN(c2nnc(-c4cccs4)s2)C3)cc1. The van der Waals surface area contributed by atoms with Crippen LogP contribution in [0.4, 0.5) is 9.52 Å². The monoisotopic (exact) mass is 384 g/mol. The van der Waals surface area contributed by atoms with Crippen molar-refractivity contribution in [3.05, 3.63) is 58.9 Å². The topological polar surface area (TPSA) is 55.1 Å². The molecule has 0 bridgehead atoms. The molecule has 0 fully saturated rings. The number of hydrogen-bond acceptors (Lipinski definition) is 7. The zero-order chi connectivity index (χ0) is 17.5. The van der Waals surface area contributed by atoms with Gasteiger partial charge in [0.1, 0.15) is 11.5 Å². The van der Waals surface area contributed by atoms with Gasteiger partial charge in [-0.25, -0.2) is 4.39 Å². The van der Waals surface area contributed by atoms with E-state index in [-0.39, 0.29) is 5.82 Å². The predicted octanol–water partition coefficient (Wildman–Crippen LogP) is 4.62. The molecule has 0 saturated carbocycles. The first-order chi connectivity index (χ1) is 12.8. The summed E-state index contributed by atoms with van der Waals surface area (Å²) in [5.74, 6) is 0.474.